The summed E-state index contributed by atoms with van der Waals surface area (Å²) in [7, 11) is 0. The van der Waals surface area contributed by atoms with Crippen LogP contribution in [0.3, 0.4) is 0 Å². The lowest BCUT2D eigenvalue weighted by Crippen LogP contribution is -2.49. The first-order valence-corrected chi connectivity index (χ1v) is 5.27. The van der Waals surface area contributed by atoms with E-state index >= 15 is 0 Å². The van der Waals surface area contributed by atoms with Crippen LogP contribution in [-0.4, -0.2) is 42.0 Å². The van der Waals surface area contributed by atoms with E-state index in [9.17, 15) is 9.59 Å². The van der Waals surface area contributed by atoms with Gasteiger partial charge in [-0.05, 0) is 20.3 Å². The van der Waals surface area contributed by atoms with E-state index in [-0.39, 0.29) is 13.2 Å². The zero-order valence-electron chi connectivity index (χ0n) is 9.51. The van der Waals surface area contributed by atoms with Crippen molar-refractivity contribution in [3.63, 3.8) is 0 Å². The first-order valence-electron chi connectivity index (χ1n) is 5.27. The van der Waals surface area contributed by atoms with Crippen molar-refractivity contribution in [1.29, 1.82) is 0 Å². The van der Waals surface area contributed by atoms with Crippen LogP contribution in [0.15, 0.2) is 12.3 Å². The number of hydrogen-bond acceptors (Lipinski definition) is 4. The van der Waals surface area contributed by atoms with Gasteiger partial charge in [0.15, 0.2) is 0 Å². The molecule has 1 aliphatic rings. The summed E-state index contributed by atoms with van der Waals surface area (Å²) in [6.07, 6.45) is 2.88. The summed E-state index contributed by atoms with van der Waals surface area (Å²) in [5.41, 5.74) is 0. The molecule has 6 nitrogen and oxygen atoms in total. The quantitative estimate of drug-likeness (QED) is 0.722. The zero-order valence-corrected chi connectivity index (χ0v) is 9.51. The third-order valence-electron chi connectivity index (χ3n) is 1.95. The monoisotopic (exact) mass is 228 g/mol. The fourth-order valence-corrected chi connectivity index (χ4v) is 1.29. The minimum Gasteiger partial charge on any atom is -0.448 e. The predicted octanol–water partition coefficient (Wildman–Crippen LogP) is 1.74. The second-order valence-electron chi connectivity index (χ2n) is 3.04. The highest BCUT2D eigenvalue weighted by molar-refractivity contribution is 5.75. The highest BCUT2D eigenvalue weighted by Crippen LogP contribution is 2.11. The Hall–Kier alpha value is -1.72. The van der Waals surface area contributed by atoms with Gasteiger partial charge in [-0.15, -0.1) is 0 Å². The van der Waals surface area contributed by atoms with E-state index in [1.807, 2.05) is 0 Å². The van der Waals surface area contributed by atoms with Gasteiger partial charge >= 0.3 is 12.2 Å². The lowest BCUT2D eigenvalue weighted by atomic mass is 10.3. The van der Waals surface area contributed by atoms with Crippen molar-refractivity contribution in [1.82, 2.24) is 10.0 Å². The number of hydrogen-bond donors (Lipinski definition) is 0. The maximum atomic E-state index is 11.5. The topological polar surface area (TPSA) is 59.1 Å². The minimum absolute atomic E-state index is 0.264. The standard InChI is InChI=1S/C10H16N2O4/c1-3-15-9(13)11-7-5-6-8-12(11)10(14)16-4-2/h5,7H,3-4,6,8H2,1-2H3. The van der Waals surface area contributed by atoms with Crippen molar-refractivity contribution in [2.24, 2.45) is 0 Å². The van der Waals surface area contributed by atoms with Crippen LogP contribution < -0.4 is 0 Å². The second-order valence-corrected chi connectivity index (χ2v) is 3.04. The molecule has 0 saturated heterocycles. The molecule has 0 aromatic heterocycles. The van der Waals surface area contributed by atoms with E-state index in [1.165, 1.54) is 11.2 Å². The molecule has 0 aromatic carbocycles. The number of ether oxygens (including phenoxy) is 2. The van der Waals surface area contributed by atoms with Gasteiger partial charge in [0.05, 0.1) is 19.8 Å². The van der Waals surface area contributed by atoms with Gasteiger partial charge in [-0.3, -0.25) is 0 Å². The lowest BCUT2D eigenvalue weighted by molar-refractivity contribution is 0.00267. The van der Waals surface area contributed by atoms with Crippen LogP contribution in [-0.2, 0) is 9.47 Å². The molecule has 0 bridgehead atoms. The molecule has 0 spiro atoms. The first kappa shape index (κ1) is 12.4. The maximum Gasteiger partial charge on any atom is 0.433 e. The van der Waals surface area contributed by atoms with E-state index in [0.29, 0.717) is 13.0 Å². The molecule has 0 radical (unpaired) electrons. The largest absolute Gasteiger partial charge is 0.448 e. The molecule has 90 valence electrons. The average Bonchev–Trinajstić information content (AvgIpc) is 2.30. The number of hydrazine groups is 1. The summed E-state index contributed by atoms with van der Waals surface area (Å²) in [5.74, 6) is 0. The van der Waals surface area contributed by atoms with E-state index < -0.39 is 12.2 Å². The summed E-state index contributed by atoms with van der Waals surface area (Å²) in [5, 5.41) is 2.35. The Balaban J connectivity index is 2.70. The number of rotatable bonds is 2. The van der Waals surface area contributed by atoms with E-state index in [0.717, 1.165) is 5.01 Å². The molecule has 0 fully saturated rings. The number of amides is 2. The van der Waals surface area contributed by atoms with E-state index in [4.69, 9.17) is 9.47 Å². The number of carbonyl (C=O) groups excluding carboxylic acids is 2. The van der Waals surface area contributed by atoms with Crippen molar-refractivity contribution in [2.45, 2.75) is 20.3 Å². The van der Waals surface area contributed by atoms with Gasteiger partial charge in [-0.2, -0.15) is 5.01 Å². The molecular formula is C10H16N2O4. The number of carbonyl (C=O) groups is 2. The first-order chi connectivity index (χ1) is 7.70. The fourth-order valence-electron chi connectivity index (χ4n) is 1.29. The predicted molar refractivity (Wildman–Crippen MR) is 56.3 cm³/mol. The van der Waals surface area contributed by atoms with Crippen LogP contribution in [0.25, 0.3) is 0 Å². The zero-order chi connectivity index (χ0) is 12.0. The third-order valence-corrected chi connectivity index (χ3v) is 1.95. The molecule has 1 rings (SSSR count). The molecule has 0 saturated carbocycles. The Morgan fingerprint density at radius 1 is 1.19 bits per heavy atom. The summed E-state index contributed by atoms with van der Waals surface area (Å²) in [6.45, 7) is 4.37. The summed E-state index contributed by atoms with van der Waals surface area (Å²) in [6, 6.07) is 0. The van der Waals surface area contributed by atoms with Crippen LogP contribution in [0.2, 0.25) is 0 Å². The Morgan fingerprint density at radius 2 is 1.81 bits per heavy atom. The summed E-state index contributed by atoms with van der Waals surface area (Å²) >= 11 is 0. The molecule has 16 heavy (non-hydrogen) atoms. The summed E-state index contributed by atoms with van der Waals surface area (Å²) in [4.78, 5) is 23.1. The Kier molecular flexibility index (Phi) is 4.63. The highest BCUT2D eigenvalue weighted by atomic mass is 16.6. The van der Waals surface area contributed by atoms with E-state index in [1.54, 1.807) is 19.9 Å². The average molecular weight is 228 g/mol. The van der Waals surface area contributed by atoms with Crippen molar-refractivity contribution in [3.05, 3.63) is 12.3 Å². The molecule has 0 aliphatic carbocycles. The van der Waals surface area contributed by atoms with Gasteiger partial charge in [0.2, 0.25) is 0 Å². The molecule has 1 heterocycles. The lowest BCUT2D eigenvalue weighted by Gasteiger charge is -2.32. The Bertz CT molecular complexity index is 291. The molecule has 0 N–H and O–H groups in total. The molecule has 1 aliphatic heterocycles. The van der Waals surface area contributed by atoms with Gasteiger partial charge in [-0.1, -0.05) is 6.08 Å². The Morgan fingerprint density at radius 3 is 2.44 bits per heavy atom. The van der Waals surface area contributed by atoms with Crippen LogP contribution in [0.1, 0.15) is 20.3 Å². The SMILES string of the molecule is CCOC(=O)N1C=CCCN1C(=O)OCC. The van der Waals surface area contributed by atoms with E-state index in [2.05, 4.69) is 0 Å². The second kappa shape index (κ2) is 5.99. The highest BCUT2D eigenvalue weighted by Gasteiger charge is 2.27. The van der Waals surface area contributed by atoms with Crippen LogP contribution in [0.5, 0.6) is 0 Å². The Labute approximate surface area is 94.4 Å². The van der Waals surface area contributed by atoms with Gasteiger partial charge in [-0.25, -0.2) is 14.6 Å². The molecule has 0 atom stereocenters. The number of nitrogens with zero attached hydrogens (tertiary/aromatic N) is 2. The van der Waals surface area contributed by atoms with Gasteiger partial charge in [0.25, 0.3) is 0 Å². The molecule has 0 unspecified atom stereocenters. The van der Waals surface area contributed by atoms with Gasteiger partial charge in [0.1, 0.15) is 0 Å². The summed E-state index contributed by atoms with van der Waals surface area (Å²) < 4.78 is 9.67. The van der Waals surface area contributed by atoms with Crippen LogP contribution >= 0.6 is 0 Å². The molecule has 0 aromatic rings. The van der Waals surface area contributed by atoms with Crippen molar-refractivity contribution >= 4 is 12.2 Å². The van der Waals surface area contributed by atoms with Crippen LogP contribution in [0, 0.1) is 0 Å². The van der Waals surface area contributed by atoms with Gasteiger partial charge < -0.3 is 9.47 Å². The fraction of sp³-hybridized carbons (Fsp3) is 0.600. The maximum absolute atomic E-state index is 11.5. The minimum atomic E-state index is -0.577. The van der Waals surface area contributed by atoms with Crippen molar-refractivity contribution in [3.8, 4) is 0 Å². The van der Waals surface area contributed by atoms with Crippen molar-refractivity contribution < 1.29 is 19.1 Å². The van der Waals surface area contributed by atoms with Gasteiger partial charge in [0, 0.05) is 6.20 Å². The van der Waals surface area contributed by atoms with Crippen LogP contribution in [0.4, 0.5) is 9.59 Å². The smallest absolute Gasteiger partial charge is 0.433 e. The molecule has 6 heteroatoms. The molecule has 2 amide bonds. The molecular weight excluding hydrogens is 212 g/mol. The normalized spacial score (nSPS) is 14.9. The third kappa shape index (κ3) is 2.88. The van der Waals surface area contributed by atoms with Crippen molar-refractivity contribution in [2.75, 3.05) is 19.8 Å².